The Balaban J connectivity index is 1.52. The molecule has 2 heterocycles. The van der Waals surface area contributed by atoms with Crippen LogP contribution in [0.5, 0.6) is 5.88 Å². The van der Waals surface area contributed by atoms with E-state index in [0.29, 0.717) is 17.9 Å². The number of Topliss-reactive ketones (excluding diaryl/α,β-unsaturated/α-hetero) is 1. The van der Waals surface area contributed by atoms with Crippen molar-refractivity contribution in [3.8, 4) is 17.3 Å². The zero-order chi connectivity index (χ0) is 31.3. The predicted molar refractivity (Wildman–Crippen MR) is 162 cm³/mol. The van der Waals surface area contributed by atoms with Gasteiger partial charge in [0.1, 0.15) is 24.0 Å². The first-order valence-electron chi connectivity index (χ1n) is 14.3. The quantitative estimate of drug-likeness (QED) is 0.156. The molecule has 228 valence electrons. The maximum atomic E-state index is 13.4. The Hall–Kier alpha value is -5.16. The van der Waals surface area contributed by atoms with Gasteiger partial charge in [-0.2, -0.15) is 0 Å². The molecule has 4 aromatic rings. The molecule has 0 aliphatic carbocycles. The summed E-state index contributed by atoms with van der Waals surface area (Å²) in [7, 11) is 0. The highest BCUT2D eigenvalue weighted by molar-refractivity contribution is 5.92. The lowest BCUT2D eigenvalue weighted by Crippen LogP contribution is -2.48. The molecule has 4 rings (SSSR count). The summed E-state index contributed by atoms with van der Waals surface area (Å²) in [6.07, 6.45) is 1.96. The highest BCUT2D eigenvalue weighted by atomic mass is 16.5. The van der Waals surface area contributed by atoms with Gasteiger partial charge in [0.05, 0.1) is 19.3 Å². The van der Waals surface area contributed by atoms with Crippen LogP contribution in [0.1, 0.15) is 35.7 Å². The number of aliphatic hydroxyl groups excluding tert-OH is 1. The molecule has 2 aromatic heterocycles. The van der Waals surface area contributed by atoms with Gasteiger partial charge in [-0.1, -0.05) is 66.7 Å². The van der Waals surface area contributed by atoms with Crippen LogP contribution < -0.4 is 15.6 Å². The van der Waals surface area contributed by atoms with Gasteiger partial charge in [-0.05, 0) is 37.8 Å². The normalized spacial score (nSPS) is 12.1. The molecular weight excluding hydrogens is 564 g/mol. The number of aromatic nitrogens is 3. The van der Waals surface area contributed by atoms with Crippen LogP contribution in [0.3, 0.4) is 0 Å². The van der Waals surface area contributed by atoms with E-state index in [1.54, 1.807) is 61.7 Å². The van der Waals surface area contributed by atoms with Crippen molar-refractivity contribution in [1.82, 2.24) is 19.9 Å². The monoisotopic (exact) mass is 598 g/mol. The minimum absolute atomic E-state index is 0.0556. The van der Waals surface area contributed by atoms with Gasteiger partial charge in [0.15, 0.2) is 5.78 Å². The van der Waals surface area contributed by atoms with Crippen molar-refractivity contribution < 1.29 is 29.0 Å². The summed E-state index contributed by atoms with van der Waals surface area (Å²) in [5.74, 6) is -1.50. The van der Waals surface area contributed by atoms with Crippen molar-refractivity contribution in [2.45, 2.75) is 44.9 Å². The second-order valence-electron chi connectivity index (χ2n) is 9.86. The van der Waals surface area contributed by atoms with Gasteiger partial charge in [-0.15, -0.1) is 0 Å². The van der Waals surface area contributed by atoms with E-state index in [2.05, 4.69) is 15.3 Å². The van der Waals surface area contributed by atoms with Gasteiger partial charge in [0.2, 0.25) is 11.8 Å². The van der Waals surface area contributed by atoms with Crippen LogP contribution in [-0.2, 0) is 27.3 Å². The number of ketones is 1. The number of carbonyl (C=O) groups excluding carboxylic acids is 3. The Morgan fingerprint density at radius 3 is 2.34 bits per heavy atom. The zero-order valence-corrected chi connectivity index (χ0v) is 24.3. The molecule has 11 heteroatoms. The maximum Gasteiger partial charge on any atom is 0.345 e. The first-order chi connectivity index (χ1) is 21.4. The van der Waals surface area contributed by atoms with Crippen LogP contribution in [0, 0.1) is 0 Å². The van der Waals surface area contributed by atoms with E-state index in [1.807, 2.05) is 30.3 Å². The smallest absolute Gasteiger partial charge is 0.345 e. The van der Waals surface area contributed by atoms with Gasteiger partial charge in [-0.25, -0.2) is 14.8 Å². The molecule has 0 aliphatic rings. The first kappa shape index (κ1) is 31.8. The van der Waals surface area contributed by atoms with Crippen molar-refractivity contribution in [1.29, 1.82) is 0 Å². The fourth-order valence-corrected chi connectivity index (χ4v) is 4.52. The SMILES string of the molecule is CCOC(=O)c1cnc(-c2ccccc2)n(CC(=O)NC(Cc2ccccc2)C(=O)C(O)CCCOc2ccccn2)c1=O. The van der Waals surface area contributed by atoms with Crippen LogP contribution in [-0.4, -0.2) is 62.7 Å². The fourth-order valence-electron chi connectivity index (χ4n) is 4.52. The standard InChI is InChI=1S/C33H34N4O7/c1-2-43-33(42)25-21-35-31(24-14-7-4-8-15-24)37(32(25)41)22-28(39)36-26(20-23-12-5-3-6-13-23)30(40)27(38)16-11-19-44-29-17-9-10-18-34-29/h3-10,12-15,17-18,21,26-27,38H,2,11,16,19-20,22H2,1H3,(H,36,39). The second-order valence-corrected chi connectivity index (χ2v) is 9.86. The molecule has 0 spiro atoms. The molecule has 11 nitrogen and oxygen atoms in total. The Morgan fingerprint density at radius 1 is 0.955 bits per heavy atom. The van der Waals surface area contributed by atoms with Gasteiger partial charge in [-0.3, -0.25) is 19.0 Å². The summed E-state index contributed by atoms with van der Waals surface area (Å²) in [4.78, 5) is 61.0. The molecular formula is C33H34N4O7. The molecule has 0 bridgehead atoms. The van der Waals surface area contributed by atoms with Gasteiger partial charge >= 0.3 is 5.97 Å². The van der Waals surface area contributed by atoms with E-state index in [0.717, 1.165) is 16.3 Å². The molecule has 2 atom stereocenters. The molecule has 2 unspecified atom stereocenters. The molecule has 1 amide bonds. The third-order valence-electron chi connectivity index (χ3n) is 6.68. The van der Waals surface area contributed by atoms with E-state index in [1.165, 1.54) is 0 Å². The number of hydrogen-bond donors (Lipinski definition) is 2. The van der Waals surface area contributed by atoms with E-state index in [9.17, 15) is 24.3 Å². The number of nitrogens with zero attached hydrogens (tertiary/aromatic N) is 3. The van der Waals surface area contributed by atoms with Crippen molar-refractivity contribution in [2.75, 3.05) is 13.2 Å². The highest BCUT2D eigenvalue weighted by Gasteiger charge is 2.28. The highest BCUT2D eigenvalue weighted by Crippen LogP contribution is 2.16. The van der Waals surface area contributed by atoms with Crippen LogP contribution in [0.15, 0.2) is 96.1 Å². The summed E-state index contributed by atoms with van der Waals surface area (Å²) >= 11 is 0. The minimum atomic E-state index is -1.37. The van der Waals surface area contributed by atoms with Gasteiger partial charge in [0.25, 0.3) is 5.56 Å². The zero-order valence-electron chi connectivity index (χ0n) is 24.3. The lowest BCUT2D eigenvalue weighted by atomic mass is 9.97. The molecule has 0 saturated carbocycles. The molecule has 0 saturated heterocycles. The average molecular weight is 599 g/mol. The van der Waals surface area contributed by atoms with Crippen LogP contribution >= 0.6 is 0 Å². The molecule has 0 radical (unpaired) electrons. The number of hydrogen-bond acceptors (Lipinski definition) is 9. The number of ether oxygens (including phenoxy) is 2. The Morgan fingerprint density at radius 2 is 1.66 bits per heavy atom. The molecule has 0 fully saturated rings. The number of rotatable bonds is 15. The largest absolute Gasteiger partial charge is 0.478 e. The molecule has 2 aromatic carbocycles. The summed E-state index contributed by atoms with van der Waals surface area (Å²) in [5.41, 5.74) is 0.240. The summed E-state index contributed by atoms with van der Waals surface area (Å²) in [6, 6.07) is 22.0. The van der Waals surface area contributed by atoms with E-state index in [-0.39, 0.29) is 37.4 Å². The summed E-state index contributed by atoms with van der Waals surface area (Å²) in [5, 5.41) is 13.5. The Bertz CT molecular complexity index is 1600. The number of esters is 1. The summed E-state index contributed by atoms with van der Waals surface area (Å²) < 4.78 is 11.6. The second kappa shape index (κ2) is 15.9. The number of benzene rings is 2. The van der Waals surface area contributed by atoms with Crippen LogP contribution in [0.25, 0.3) is 11.4 Å². The third kappa shape index (κ3) is 8.68. The van der Waals surface area contributed by atoms with Crippen molar-refractivity contribution in [3.05, 3.63) is 113 Å². The van der Waals surface area contributed by atoms with E-state index in [4.69, 9.17) is 9.47 Å². The van der Waals surface area contributed by atoms with Crippen LogP contribution in [0.4, 0.5) is 0 Å². The number of carbonyl (C=O) groups is 3. The Labute approximate surface area is 254 Å². The number of amides is 1. The maximum absolute atomic E-state index is 13.4. The van der Waals surface area contributed by atoms with Crippen LogP contribution in [0.2, 0.25) is 0 Å². The fraction of sp³-hybridized carbons (Fsp3) is 0.273. The lowest BCUT2D eigenvalue weighted by Gasteiger charge is -2.22. The van der Waals surface area contributed by atoms with Gasteiger partial charge < -0.3 is 19.9 Å². The Kier molecular flexibility index (Phi) is 11.5. The number of aliphatic hydroxyl groups is 1. The van der Waals surface area contributed by atoms with Crippen molar-refractivity contribution in [3.63, 3.8) is 0 Å². The first-order valence-corrected chi connectivity index (χ1v) is 14.3. The number of pyridine rings is 1. The number of nitrogens with one attached hydrogen (secondary N) is 1. The minimum Gasteiger partial charge on any atom is -0.478 e. The molecule has 44 heavy (non-hydrogen) atoms. The summed E-state index contributed by atoms with van der Waals surface area (Å²) in [6.45, 7) is 1.38. The van der Waals surface area contributed by atoms with Crippen molar-refractivity contribution in [2.24, 2.45) is 0 Å². The average Bonchev–Trinajstić information content (AvgIpc) is 3.04. The molecule has 0 aliphatic heterocycles. The van der Waals surface area contributed by atoms with E-state index >= 15 is 0 Å². The predicted octanol–water partition coefficient (Wildman–Crippen LogP) is 3.00. The van der Waals surface area contributed by atoms with Gasteiger partial charge in [0, 0.05) is 24.0 Å². The topological polar surface area (TPSA) is 150 Å². The van der Waals surface area contributed by atoms with Crippen molar-refractivity contribution >= 4 is 17.7 Å². The lowest BCUT2D eigenvalue weighted by molar-refractivity contribution is -0.133. The van der Waals surface area contributed by atoms with E-state index < -0.39 is 41.9 Å². The third-order valence-corrected chi connectivity index (χ3v) is 6.68. The molecule has 2 N–H and O–H groups in total.